The van der Waals surface area contributed by atoms with Crippen LogP contribution in [0.25, 0.3) is 11.2 Å². The van der Waals surface area contributed by atoms with Crippen molar-refractivity contribution in [3.63, 3.8) is 0 Å². The molecule has 0 aliphatic heterocycles. The number of aliphatic imine (C=N–C) groups is 1. The van der Waals surface area contributed by atoms with Crippen molar-refractivity contribution in [2.75, 3.05) is 12.4 Å². The first kappa shape index (κ1) is 21.7. The van der Waals surface area contributed by atoms with E-state index in [1.54, 1.807) is 7.11 Å². The summed E-state index contributed by atoms with van der Waals surface area (Å²) >= 11 is 0. The predicted octanol–water partition coefficient (Wildman–Crippen LogP) is 5.36. The van der Waals surface area contributed by atoms with Crippen LogP contribution in [0.3, 0.4) is 0 Å². The van der Waals surface area contributed by atoms with Crippen LogP contribution in [0.2, 0.25) is 0 Å². The molecule has 0 fully saturated rings. The molecule has 3 aromatic rings. The fraction of sp³-hybridized carbons (Fsp3) is 0.320. The molecule has 1 aliphatic rings. The van der Waals surface area contributed by atoms with Crippen molar-refractivity contribution in [2.45, 2.75) is 45.6 Å². The zero-order valence-electron chi connectivity index (χ0n) is 18.9. The minimum atomic E-state index is -0.325. The highest BCUT2D eigenvalue weighted by Gasteiger charge is 2.24. The summed E-state index contributed by atoms with van der Waals surface area (Å²) in [7, 11) is 1.68. The van der Waals surface area contributed by atoms with Crippen molar-refractivity contribution in [1.29, 1.82) is 0 Å². The molecule has 32 heavy (non-hydrogen) atoms. The lowest BCUT2D eigenvalue weighted by Crippen LogP contribution is -2.22. The summed E-state index contributed by atoms with van der Waals surface area (Å²) in [5, 5.41) is 8.24. The van der Waals surface area contributed by atoms with E-state index in [9.17, 15) is 4.39 Å². The van der Waals surface area contributed by atoms with Crippen LogP contribution < -0.4 is 10.1 Å². The lowest BCUT2D eigenvalue weighted by Gasteiger charge is -2.16. The molecule has 0 radical (unpaired) electrons. The number of hydrogen-bond acceptors (Lipinski definition) is 5. The van der Waals surface area contributed by atoms with E-state index in [1.807, 2.05) is 22.8 Å². The molecular formula is C25H28FN5O. The molecule has 1 atom stereocenters. The third-order valence-electron chi connectivity index (χ3n) is 5.70. The third-order valence-corrected chi connectivity index (χ3v) is 5.70. The van der Waals surface area contributed by atoms with Crippen LogP contribution in [0.15, 0.2) is 53.6 Å². The van der Waals surface area contributed by atoms with Gasteiger partial charge in [-0.25, -0.2) is 9.37 Å². The number of anilines is 1. The van der Waals surface area contributed by atoms with Crippen LogP contribution in [0, 0.1) is 0 Å². The Labute approximate surface area is 187 Å². The summed E-state index contributed by atoms with van der Waals surface area (Å²) in [6.45, 7) is 9.13. The number of benzene rings is 1. The standard InChI is InChI=1S/C25H28FN5O/c1-15(2)22-14-28-31-24(12-23(30-25(22)31)19(13-27-4)8-16(3)26)29-20-9-17-6-7-21(32-5)11-18(17)10-20/h6-8,11-15,20,29H,4,9-10H2,1-3,5H3/b16-8+,19-13+/t20-/m1/s1. The number of hydrogen-bond donors (Lipinski definition) is 1. The van der Waals surface area contributed by atoms with E-state index >= 15 is 0 Å². The van der Waals surface area contributed by atoms with Gasteiger partial charge in [-0.2, -0.15) is 9.61 Å². The molecule has 1 aliphatic carbocycles. The van der Waals surface area contributed by atoms with E-state index in [0.717, 1.165) is 35.6 Å². The Hall–Kier alpha value is -3.48. The fourth-order valence-corrected chi connectivity index (χ4v) is 4.16. The van der Waals surface area contributed by atoms with Gasteiger partial charge in [0.1, 0.15) is 11.6 Å². The van der Waals surface area contributed by atoms with Crippen LogP contribution in [-0.4, -0.2) is 34.5 Å². The van der Waals surface area contributed by atoms with Crippen molar-refractivity contribution >= 4 is 23.8 Å². The quantitative estimate of drug-likeness (QED) is 0.403. The number of ether oxygens (including phenoxy) is 1. The zero-order valence-corrected chi connectivity index (χ0v) is 18.9. The highest BCUT2D eigenvalue weighted by Crippen LogP contribution is 2.30. The second-order valence-corrected chi connectivity index (χ2v) is 8.40. The molecule has 0 amide bonds. The van der Waals surface area contributed by atoms with Crippen LogP contribution in [0.5, 0.6) is 5.75 Å². The molecule has 6 nitrogen and oxygen atoms in total. The van der Waals surface area contributed by atoms with Crippen molar-refractivity contribution in [3.05, 3.63) is 70.9 Å². The van der Waals surface area contributed by atoms with Gasteiger partial charge in [-0.1, -0.05) is 19.9 Å². The van der Waals surface area contributed by atoms with Gasteiger partial charge in [-0.3, -0.25) is 4.99 Å². The molecule has 4 rings (SSSR count). The Balaban J connectivity index is 1.76. The predicted molar refractivity (Wildman–Crippen MR) is 127 cm³/mol. The van der Waals surface area contributed by atoms with Crippen LogP contribution in [-0.2, 0) is 12.8 Å². The Morgan fingerprint density at radius 3 is 2.78 bits per heavy atom. The minimum Gasteiger partial charge on any atom is -0.497 e. The van der Waals surface area contributed by atoms with Gasteiger partial charge >= 0.3 is 0 Å². The van der Waals surface area contributed by atoms with E-state index in [-0.39, 0.29) is 17.8 Å². The topological polar surface area (TPSA) is 63.8 Å². The first-order valence-corrected chi connectivity index (χ1v) is 10.7. The van der Waals surface area contributed by atoms with Gasteiger partial charge in [0, 0.05) is 29.4 Å². The SMILES string of the molecule is C=N/C=C(\C=C(/C)F)c1cc(N[C@@H]2Cc3ccc(OC)cc3C2)n2ncc(C(C)C)c2n1. The zero-order chi connectivity index (χ0) is 22.8. The number of aromatic nitrogens is 3. The summed E-state index contributed by atoms with van der Waals surface area (Å²) in [6, 6.07) is 8.31. The Morgan fingerprint density at radius 1 is 1.31 bits per heavy atom. The van der Waals surface area contributed by atoms with Crippen LogP contribution in [0.1, 0.15) is 49.1 Å². The third kappa shape index (κ3) is 4.28. The monoisotopic (exact) mass is 433 g/mol. The first-order valence-electron chi connectivity index (χ1n) is 10.7. The normalized spacial score (nSPS) is 16.5. The van der Waals surface area contributed by atoms with Crippen LogP contribution in [0.4, 0.5) is 10.2 Å². The van der Waals surface area contributed by atoms with Gasteiger partial charge in [0.05, 0.1) is 24.8 Å². The van der Waals surface area contributed by atoms with Crippen molar-refractivity contribution in [2.24, 2.45) is 4.99 Å². The van der Waals surface area contributed by atoms with Crippen molar-refractivity contribution in [3.8, 4) is 5.75 Å². The Bertz CT molecular complexity index is 1220. The molecule has 0 saturated heterocycles. The molecule has 0 unspecified atom stereocenters. The van der Waals surface area contributed by atoms with Gasteiger partial charge in [-0.15, -0.1) is 0 Å². The number of fused-ring (bicyclic) bond motifs is 2. The fourth-order valence-electron chi connectivity index (χ4n) is 4.16. The van der Waals surface area contributed by atoms with E-state index in [1.165, 1.54) is 30.3 Å². The number of halogens is 1. The van der Waals surface area contributed by atoms with Gasteiger partial charge in [0.25, 0.3) is 0 Å². The lowest BCUT2D eigenvalue weighted by atomic mass is 10.1. The second kappa shape index (κ2) is 8.94. The molecule has 2 heterocycles. The van der Waals surface area contributed by atoms with Crippen LogP contribution >= 0.6 is 0 Å². The molecule has 0 spiro atoms. The number of rotatable bonds is 7. The maximum absolute atomic E-state index is 13.8. The first-order chi connectivity index (χ1) is 15.4. The maximum Gasteiger partial charge on any atom is 0.161 e. The highest BCUT2D eigenvalue weighted by atomic mass is 19.1. The van der Waals surface area contributed by atoms with Crippen molar-refractivity contribution < 1.29 is 9.13 Å². The summed E-state index contributed by atoms with van der Waals surface area (Å²) in [5.41, 5.74) is 5.54. The van der Waals surface area contributed by atoms with Gasteiger partial charge in [-0.05, 0) is 61.7 Å². The van der Waals surface area contributed by atoms with Gasteiger partial charge in [0.15, 0.2) is 5.65 Å². The summed E-state index contributed by atoms with van der Waals surface area (Å²) in [6.07, 6.45) is 6.57. The van der Waals surface area contributed by atoms with Gasteiger partial charge < -0.3 is 10.1 Å². The van der Waals surface area contributed by atoms with E-state index in [2.05, 4.69) is 48.1 Å². The molecule has 7 heteroatoms. The number of methoxy groups -OCH3 is 1. The molecule has 1 N–H and O–H groups in total. The molecule has 166 valence electrons. The smallest absolute Gasteiger partial charge is 0.161 e. The average Bonchev–Trinajstić information content (AvgIpc) is 3.36. The lowest BCUT2D eigenvalue weighted by molar-refractivity contribution is 0.414. The molecule has 0 bridgehead atoms. The molecule has 0 saturated carbocycles. The molecule has 2 aromatic heterocycles. The highest BCUT2D eigenvalue weighted by molar-refractivity contribution is 5.75. The summed E-state index contributed by atoms with van der Waals surface area (Å²) < 4.78 is 21.0. The maximum atomic E-state index is 13.8. The average molecular weight is 434 g/mol. The van der Waals surface area contributed by atoms with Crippen molar-refractivity contribution in [1.82, 2.24) is 14.6 Å². The summed E-state index contributed by atoms with van der Waals surface area (Å²) in [4.78, 5) is 8.65. The second-order valence-electron chi connectivity index (χ2n) is 8.40. The molecular weight excluding hydrogens is 405 g/mol. The van der Waals surface area contributed by atoms with E-state index in [0.29, 0.717) is 11.3 Å². The summed E-state index contributed by atoms with van der Waals surface area (Å²) in [5.74, 6) is 1.59. The van der Waals surface area contributed by atoms with E-state index in [4.69, 9.17) is 9.72 Å². The number of nitrogens with one attached hydrogen (secondary N) is 1. The van der Waals surface area contributed by atoms with E-state index < -0.39 is 0 Å². The minimum absolute atomic E-state index is 0.200. The number of allylic oxidation sites excluding steroid dienone is 3. The largest absolute Gasteiger partial charge is 0.497 e. The molecule has 1 aromatic carbocycles. The Morgan fingerprint density at radius 2 is 2.09 bits per heavy atom. The van der Waals surface area contributed by atoms with Gasteiger partial charge in [0.2, 0.25) is 0 Å². The number of nitrogens with zero attached hydrogens (tertiary/aromatic N) is 4. The Kier molecular flexibility index (Phi) is 6.08.